The van der Waals surface area contributed by atoms with Crippen molar-refractivity contribution >= 4 is 0 Å². The molecule has 2 rings (SSSR count). The van der Waals surface area contributed by atoms with Gasteiger partial charge in [0, 0.05) is 12.5 Å². The molecule has 0 spiro atoms. The monoisotopic (exact) mass is 278 g/mol. The van der Waals surface area contributed by atoms with Crippen molar-refractivity contribution in [2.24, 2.45) is 29.4 Å². The van der Waals surface area contributed by atoms with E-state index in [1.807, 2.05) is 0 Å². The lowest BCUT2D eigenvalue weighted by molar-refractivity contribution is 0.148. The number of nitrogens with two attached hydrogens (primary N) is 1. The van der Waals surface area contributed by atoms with Crippen LogP contribution in [0.3, 0.4) is 0 Å². The average Bonchev–Trinajstić information content (AvgIpc) is 2.87. The lowest BCUT2D eigenvalue weighted by atomic mass is 9.69. The molecule has 1 heterocycles. The molecular weight excluding hydrogens is 248 g/mol. The summed E-state index contributed by atoms with van der Waals surface area (Å²) in [5.41, 5.74) is 6.00. The van der Waals surface area contributed by atoms with Gasteiger partial charge >= 0.3 is 0 Å². The Bertz CT molecular complexity index is 410. The molecular formula is C16H30N4. The molecule has 0 bridgehead atoms. The van der Waals surface area contributed by atoms with Crippen LogP contribution >= 0.6 is 0 Å². The molecule has 4 heteroatoms. The molecule has 4 nitrogen and oxygen atoms in total. The highest BCUT2D eigenvalue weighted by molar-refractivity contribution is 4.93. The molecule has 0 saturated heterocycles. The highest BCUT2D eigenvalue weighted by atomic mass is 15.3. The van der Waals surface area contributed by atoms with Crippen LogP contribution < -0.4 is 5.73 Å². The summed E-state index contributed by atoms with van der Waals surface area (Å²) >= 11 is 0. The SMILES string of the molecule is CC(C)C1CCC(CN)C(Cc2ncnn2C(C)C)C1. The first kappa shape index (κ1) is 15.5. The fraction of sp³-hybridized carbons (Fsp3) is 0.875. The summed E-state index contributed by atoms with van der Waals surface area (Å²) in [6.45, 7) is 9.83. The minimum Gasteiger partial charge on any atom is -0.330 e. The van der Waals surface area contributed by atoms with Gasteiger partial charge in [0.25, 0.3) is 0 Å². The molecule has 1 aromatic heterocycles. The highest BCUT2D eigenvalue weighted by Crippen LogP contribution is 2.38. The summed E-state index contributed by atoms with van der Waals surface area (Å²) in [6, 6.07) is 0.383. The Labute approximate surface area is 123 Å². The Morgan fingerprint density at radius 3 is 2.60 bits per heavy atom. The molecule has 1 aliphatic rings. The van der Waals surface area contributed by atoms with E-state index in [4.69, 9.17) is 5.73 Å². The van der Waals surface area contributed by atoms with E-state index in [1.54, 1.807) is 6.33 Å². The third kappa shape index (κ3) is 3.40. The van der Waals surface area contributed by atoms with E-state index in [0.717, 1.165) is 30.6 Å². The maximum atomic E-state index is 6.00. The van der Waals surface area contributed by atoms with Crippen LogP contribution in [-0.2, 0) is 6.42 Å². The van der Waals surface area contributed by atoms with Gasteiger partial charge in [-0.15, -0.1) is 0 Å². The third-order valence-electron chi connectivity index (χ3n) is 5.01. The zero-order valence-corrected chi connectivity index (χ0v) is 13.4. The van der Waals surface area contributed by atoms with Crippen LogP contribution in [0.5, 0.6) is 0 Å². The summed E-state index contributed by atoms with van der Waals surface area (Å²) in [5, 5.41) is 4.36. The van der Waals surface area contributed by atoms with E-state index in [2.05, 4.69) is 42.5 Å². The van der Waals surface area contributed by atoms with Crippen molar-refractivity contribution in [3.8, 4) is 0 Å². The van der Waals surface area contributed by atoms with E-state index in [-0.39, 0.29) is 0 Å². The Balaban J connectivity index is 2.09. The first-order chi connectivity index (χ1) is 9.52. The van der Waals surface area contributed by atoms with Gasteiger partial charge in [0.15, 0.2) is 0 Å². The number of nitrogens with zero attached hydrogens (tertiary/aromatic N) is 3. The normalized spacial score (nSPS) is 27.4. The molecule has 3 unspecified atom stereocenters. The quantitative estimate of drug-likeness (QED) is 0.900. The molecule has 1 aromatic rings. The Kier molecular flexibility index (Phi) is 5.19. The van der Waals surface area contributed by atoms with E-state index in [9.17, 15) is 0 Å². The number of hydrogen-bond donors (Lipinski definition) is 1. The average molecular weight is 278 g/mol. The second-order valence-corrected chi connectivity index (χ2v) is 6.99. The van der Waals surface area contributed by atoms with Gasteiger partial charge in [-0.25, -0.2) is 9.67 Å². The second kappa shape index (κ2) is 6.70. The van der Waals surface area contributed by atoms with Crippen molar-refractivity contribution in [3.63, 3.8) is 0 Å². The van der Waals surface area contributed by atoms with Crippen molar-refractivity contribution < 1.29 is 0 Å². The molecule has 20 heavy (non-hydrogen) atoms. The summed E-state index contributed by atoms with van der Waals surface area (Å²) in [6.07, 6.45) is 6.63. The van der Waals surface area contributed by atoms with Gasteiger partial charge in [0.1, 0.15) is 12.2 Å². The molecule has 0 amide bonds. The van der Waals surface area contributed by atoms with Crippen LogP contribution in [0.4, 0.5) is 0 Å². The van der Waals surface area contributed by atoms with E-state index in [1.165, 1.54) is 19.3 Å². The van der Waals surface area contributed by atoms with Crippen molar-refractivity contribution in [1.82, 2.24) is 14.8 Å². The smallest absolute Gasteiger partial charge is 0.138 e. The van der Waals surface area contributed by atoms with Gasteiger partial charge in [-0.3, -0.25) is 0 Å². The predicted molar refractivity (Wildman–Crippen MR) is 82.3 cm³/mol. The molecule has 0 radical (unpaired) electrons. The molecule has 1 fully saturated rings. The lowest BCUT2D eigenvalue weighted by Gasteiger charge is -2.37. The molecule has 0 aliphatic heterocycles. The zero-order valence-electron chi connectivity index (χ0n) is 13.4. The highest BCUT2D eigenvalue weighted by Gasteiger charge is 2.32. The van der Waals surface area contributed by atoms with Gasteiger partial charge in [-0.05, 0) is 63.3 Å². The van der Waals surface area contributed by atoms with Crippen LogP contribution in [0.15, 0.2) is 6.33 Å². The Morgan fingerprint density at radius 1 is 1.25 bits per heavy atom. The summed E-state index contributed by atoms with van der Waals surface area (Å²) in [4.78, 5) is 4.48. The van der Waals surface area contributed by atoms with Gasteiger partial charge in [0.05, 0.1) is 0 Å². The van der Waals surface area contributed by atoms with Crippen molar-refractivity contribution in [1.29, 1.82) is 0 Å². The number of rotatable bonds is 5. The van der Waals surface area contributed by atoms with Crippen molar-refractivity contribution in [2.75, 3.05) is 6.54 Å². The summed E-state index contributed by atoms with van der Waals surface area (Å²) in [5.74, 6) is 4.08. The first-order valence-electron chi connectivity index (χ1n) is 8.11. The Morgan fingerprint density at radius 2 is 2.00 bits per heavy atom. The van der Waals surface area contributed by atoms with Gasteiger partial charge in [-0.1, -0.05) is 13.8 Å². The molecule has 1 aliphatic carbocycles. The maximum Gasteiger partial charge on any atom is 0.138 e. The van der Waals surface area contributed by atoms with E-state index < -0.39 is 0 Å². The third-order valence-corrected chi connectivity index (χ3v) is 5.01. The minimum absolute atomic E-state index is 0.383. The van der Waals surface area contributed by atoms with Crippen molar-refractivity contribution in [3.05, 3.63) is 12.2 Å². The second-order valence-electron chi connectivity index (χ2n) is 6.99. The minimum atomic E-state index is 0.383. The standard InChI is InChI=1S/C16H30N4/c1-11(2)13-5-6-14(9-17)15(7-13)8-16-18-10-19-20(16)12(3)4/h10-15H,5-9,17H2,1-4H3. The van der Waals surface area contributed by atoms with E-state index in [0.29, 0.717) is 17.9 Å². The molecule has 2 N–H and O–H groups in total. The van der Waals surface area contributed by atoms with Crippen LogP contribution in [0.25, 0.3) is 0 Å². The fourth-order valence-electron chi connectivity index (χ4n) is 3.61. The molecule has 1 saturated carbocycles. The first-order valence-corrected chi connectivity index (χ1v) is 8.11. The maximum absolute atomic E-state index is 6.00. The largest absolute Gasteiger partial charge is 0.330 e. The van der Waals surface area contributed by atoms with Crippen LogP contribution in [-0.4, -0.2) is 21.3 Å². The number of hydrogen-bond acceptors (Lipinski definition) is 3. The lowest BCUT2D eigenvalue weighted by Crippen LogP contribution is -2.34. The summed E-state index contributed by atoms with van der Waals surface area (Å²) < 4.78 is 2.06. The van der Waals surface area contributed by atoms with Gasteiger partial charge in [-0.2, -0.15) is 5.10 Å². The predicted octanol–water partition coefficient (Wildman–Crippen LogP) is 3.05. The molecule has 3 atom stereocenters. The fourth-order valence-corrected chi connectivity index (χ4v) is 3.61. The van der Waals surface area contributed by atoms with Crippen LogP contribution in [0.2, 0.25) is 0 Å². The molecule has 0 aromatic carbocycles. The van der Waals surface area contributed by atoms with E-state index >= 15 is 0 Å². The zero-order chi connectivity index (χ0) is 14.7. The summed E-state index contributed by atoms with van der Waals surface area (Å²) in [7, 11) is 0. The van der Waals surface area contributed by atoms with Crippen molar-refractivity contribution in [2.45, 2.75) is 59.4 Å². The molecule has 114 valence electrons. The van der Waals surface area contributed by atoms with Gasteiger partial charge < -0.3 is 5.73 Å². The van der Waals surface area contributed by atoms with Crippen LogP contribution in [0, 0.1) is 23.7 Å². The topological polar surface area (TPSA) is 56.7 Å². The number of aromatic nitrogens is 3. The van der Waals surface area contributed by atoms with Crippen LogP contribution in [0.1, 0.15) is 58.8 Å². The Hall–Kier alpha value is -0.900. The van der Waals surface area contributed by atoms with Gasteiger partial charge in [0.2, 0.25) is 0 Å².